The van der Waals surface area contributed by atoms with Crippen molar-refractivity contribution >= 4 is 6.02 Å². The number of aliphatic imine (C=N–C) groups is 1. The molecule has 0 unspecified atom stereocenters. The van der Waals surface area contributed by atoms with E-state index in [1.54, 1.807) is 18.5 Å². The molecule has 0 bridgehead atoms. The smallest absolute Gasteiger partial charge is 0.283 e. The van der Waals surface area contributed by atoms with Gasteiger partial charge in [0.05, 0.1) is 6.61 Å². The SMILES string of the molecule is CCCOc1cc2c(cc1F)Oc1ccc(-c3cncnc3)cc1[C@@]21COC(N)=N1. The van der Waals surface area contributed by atoms with Crippen LogP contribution in [0.15, 0.2) is 54.0 Å². The number of fused-ring (bicyclic) bond motifs is 4. The van der Waals surface area contributed by atoms with Crippen LogP contribution in [0.2, 0.25) is 0 Å². The molecule has 2 N–H and O–H groups in total. The molecule has 2 aromatic carbocycles. The zero-order valence-corrected chi connectivity index (χ0v) is 16.3. The predicted molar refractivity (Wildman–Crippen MR) is 108 cm³/mol. The lowest BCUT2D eigenvalue weighted by Gasteiger charge is -2.34. The van der Waals surface area contributed by atoms with Crippen LogP contribution < -0.4 is 15.2 Å². The fourth-order valence-electron chi connectivity index (χ4n) is 3.81. The first-order chi connectivity index (χ1) is 14.6. The first-order valence-corrected chi connectivity index (χ1v) is 9.63. The summed E-state index contributed by atoms with van der Waals surface area (Å²) in [6.07, 6.45) is 5.70. The Morgan fingerprint density at radius 3 is 2.63 bits per heavy atom. The molecule has 0 saturated heterocycles. The van der Waals surface area contributed by atoms with Gasteiger partial charge >= 0.3 is 0 Å². The number of nitrogens with two attached hydrogens (primary N) is 1. The summed E-state index contributed by atoms with van der Waals surface area (Å²) in [6.45, 7) is 2.54. The number of rotatable bonds is 4. The third kappa shape index (κ3) is 2.83. The zero-order valence-electron chi connectivity index (χ0n) is 16.3. The first-order valence-electron chi connectivity index (χ1n) is 9.63. The topological polar surface area (TPSA) is 91.8 Å². The molecule has 152 valence electrons. The van der Waals surface area contributed by atoms with Gasteiger partial charge in [0.25, 0.3) is 6.02 Å². The Morgan fingerprint density at radius 1 is 1.10 bits per heavy atom. The van der Waals surface area contributed by atoms with Gasteiger partial charge in [-0.2, -0.15) is 0 Å². The highest BCUT2D eigenvalue weighted by atomic mass is 19.1. The van der Waals surface area contributed by atoms with Crippen molar-refractivity contribution in [2.24, 2.45) is 10.7 Å². The van der Waals surface area contributed by atoms with E-state index in [9.17, 15) is 4.39 Å². The number of benzene rings is 2. The Hall–Kier alpha value is -3.68. The molecule has 30 heavy (non-hydrogen) atoms. The Bertz CT molecular complexity index is 1150. The quantitative estimate of drug-likeness (QED) is 0.709. The Kier molecular flexibility index (Phi) is 4.27. The van der Waals surface area contributed by atoms with Crippen molar-refractivity contribution in [1.82, 2.24) is 9.97 Å². The van der Waals surface area contributed by atoms with Crippen LogP contribution in [-0.4, -0.2) is 29.2 Å². The Labute approximate surface area is 172 Å². The number of nitrogens with zero attached hydrogens (tertiary/aromatic N) is 3. The maximum absolute atomic E-state index is 14.6. The van der Waals surface area contributed by atoms with Crippen LogP contribution in [-0.2, 0) is 10.3 Å². The van der Waals surface area contributed by atoms with E-state index < -0.39 is 11.4 Å². The summed E-state index contributed by atoms with van der Waals surface area (Å²) >= 11 is 0. The number of amidine groups is 1. The van der Waals surface area contributed by atoms with Gasteiger partial charge in [0.1, 0.15) is 24.4 Å². The summed E-state index contributed by atoms with van der Waals surface area (Å²) in [5.41, 5.74) is 8.11. The minimum atomic E-state index is -0.962. The normalized spacial score (nSPS) is 18.8. The van der Waals surface area contributed by atoms with Crippen LogP contribution in [0.5, 0.6) is 17.2 Å². The molecule has 0 amide bonds. The second kappa shape index (κ2) is 6.98. The minimum Gasteiger partial charge on any atom is -0.491 e. The number of hydrogen-bond acceptors (Lipinski definition) is 7. The van der Waals surface area contributed by atoms with E-state index in [2.05, 4.69) is 15.0 Å². The molecular weight excluding hydrogens is 387 g/mol. The number of ether oxygens (including phenoxy) is 3. The molecule has 1 aromatic heterocycles. The van der Waals surface area contributed by atoms with Crippen molar-refractivity contribution in [3.05, 3.63) is 66.0 Å². The summed E-state index contributed by atoms with van der Waals surface area (Å²) in [6, 6.07) is 8.71. The van der Waals surface area contributed by atoms with E-state index in [0.717, 1.165) is 23.1 Å². The van der Waals surface area contributed by atoms with Crippen molar-refractivity contribution in [2.45, 2.75) is 18.9 Å². The second-order valence-electron chi connectivity index (χ2n) is 7.17. The third-order valence-corrected chi connectivity index (χ3v) is 5.21. The Morgan fingerprint density at radius 2 is 1.90 bits per heavy atom. The molecule has 0 radical (unpaired) electrons. The van der Waals surface area contributed by atoms with Gasteiger partial charge in [-0.3, -0.25) is 0 Å². The summed E-state index contributed by atoms with van der Waals surface area (Å²) in [4.78, 5) is 12.8. The molecular formula is C22H19FN4O3. The molecule has 7 nitrogen and oxygen atoms in total. The Balaban J connectivity index is 1.70. The average Bonchev–Trinajstić information content (AvgIpc) is 3.15. The van der Waals surface area contributed by atoms with Crippen molar-refractivity contribution in [2.75, 3.05) is 13.2 Å². The van der Waals surface area contributed by atoms with Gasteiger partial charge in [-0.15, -0.1) is 0 Å². The molecule has 0 saturated carbocycles. The highest BCUT2D eigenvalue weighted by Crippen LogP contribution is 2.52. The fraction of sp³-hybridized carbons (Fsp3) is 0.227. The molecule has 1 atom stereocenters. The van der Waals surface area contributed by atoms with Crippen molar-refractivity contribution in [3.63, 3.8) is 0 Å². The van der Waals surface area contributed by atoms with Crippen LogP contribution in [0.4, 0.5) is 4.39 Å². The molecule has 5 rings (SSSR count). The molecule has 1 spiro atoms. The highest BCUT2D eigenvalue weighted by Gasteiger charge is 2.47. The largest absolute Gasteiger partial charge is 0.491 e. The second-order valence-corrected chi connectivity index (χ2v) is 7.17. The molecule has 0 aliphatic carbocycles. The first kappa shape index (κ1) is 18.4. The van der Waals surface area contributed by atoms with Crippen LogP contribution in [0.1, 0.15) is 24.5 Å². The lowest BCUT2D eigenvalue weighted by Crippen LogP contribution is -2.31. The van der Waals surface area contributed by atoms with E-state index in [1.807, 2.05) is 25.1 Å². The number of halogens is 1. The van der Waals surface area contributed by atoms with Crippen LogP contribution in [0, 0.1) is 5.82 Å². The number of aromatic nitrogens is 2. The van der Waals surface area contributed by atoms with Gasteiger partial charge in [0, 0.05) is 35.2 Å². The lowest BCUT2D eigenvalue weighted by molar-refractivity contribution is 0.261. The molecule has 0 fully saturated rings. The van der Waals surface area contributed by atoms with E-state index in [0.29, 0.717) is 23.7 Å². The van der Waals surface area contributed by atoms with Gasteiger partial charge in [-0.25, -0.2) is 19.4 Å². The highest BCUT2D eigenvalue weighted by molar-refractivity contribution is 5.78. The minimum absolute atomic E-state index is 0.0719. The van der Waals surface area contributed by atoms with Crippen LogP contribution >= 0.6 is 0 Å². The van der Waals surface area contributed by atoms with Gasteiger partial charge in [0.2, 0.25) is 0 Å². The number of hydrogen-bond donors (Lipinski definition) is 1. The van der Waals surface area contributed by atoms with E-state index in [4.69, 9.17) is 19.9 Å². The summed E-state index contributed by atoms with van der Waals surface area (Å²) in [5, 5.41) is 0. The molecule has 3 heterocycles. The van der Waals surface area contributed by atoms with E-state index in [-0.39, 0.29) is 18.4 Å². The third-order valence-electron chi connectivity index (χ3n) is 5.21. The van der Waals surface area contributed by atoms with Gasteiger partial charge in [-0.05, 0) is 30.2 Å². The van der Waals surface area contributed by atoms with E-state index >= 15 is 0 Å². The summed E-state index contributed by atoms with van der Waals surface area (Å²) < 4.78 is 31.8. The molecule has 3 aromatic rings. The summed E-state index contributed by atoms with van der Waals surface area (Å²) in [7, 11) is 0. The van der Waals surface area contributed by atoms with Crippen molar-refractivity contribution in [3.8, 4) is 28.4 Å². The average molecular weight is 406 g/mol. The van der Waals surface area contributed by atoms with Crippen molar-refractivity contribution in [1.29, 1.82) is 0 Å². The maximum Gasteiger partial charge on any atom is 0.283 e. The van der Waals surface area contributed by atoms with Gasteiger partial charge < -0.3 is 19.9 Å². The zero-order chi connectivity index (χ0) is 20.7. The maximum atomic E-state index is 14.6. The van der Waals surface area contributed by atoms with Crippen molar-refractivity contribution < 1.29 is 18.6 Å². The molecule has 2 aliphatic heterocycles. The van der Waals surface area contributed by atoms with E-state index in [1.165, 1.54) is 12.4 Å². The van der Waals surface area contributed by atoms with Crippen LogP contribution in [0.25, 0.3) is 11.1 Å². The van der Waals surface area contributed by atoms with Gasteiger partial charge in [0.15, 0.2) is 17.1 Å². The molecule has 8 heteroatoms. The van der Waals surface area contributed by atoms with Gasteiger partial charge in [-0.1, -0.05) is 13.0 Å². The fourth-order valence-corrected chi connectivity index (χ4v) is 3.81. The lowest BCUT2D eigenvalue weighted by atomic mass is 9.80. The predicted octanol–water partition coefficient (Wildman–Crippen LogP) is 3.77. The molecule has 2 aliphatic rings. The standard InChI is InChI=1S/C22H19FN4O3/c1-2-5-28-20-7-16-19(8-17(20)23)30-18-4-3-13(14-9-25-12-26-10-14)6-15(18)22(16)11-29-21(24)27-22/h3-4,6-10,12H,2,5,11H2,1H3,(H2,24,27)/t22-/m0/s1. The summed E-state index contributed by atoms with van der Waals surface area (Å²) in [5.74, 6) is 0.582. The monoisotopic (exact) mass is 406 g/mol. The van der Waals surface area contributed by atoms with Crippen LogP contribution in [0.3, 0.4) is 0 Å².